The third-order valence-electron chi connectivity index (χ3n) is 2.99. The van der Waals surface area contributed by atoms with Crippen LogP contribution in [-0.2, 0) is 14.3 Å². The number of carbonyl (C=O) groups excluding carboxylic acids is 2. The highest BCUT2D eigenvalue weighted by Crippen LogP contribution is 2.41. The molecule has 104 valence electrons. The Morgan fingerprint density at radius 2 is 1.94 bits per heavy atom. The van der Waals surface area contributed by atoms with Crippen molar-refractivity contribution < 1.29 is 19.1 Å². The van der Waals surface area contributed by atoms with Gasteiger partial charge in [-0.3, -0.25) is 0 Å². The van der Waals surface area contributed by atoms with Gasteiger partial charge in [-0.1, -0.05) is 6.92 Å². The minimum Gasteiger partial charge on any atom is -0.467 e. The number of methoxy groups -OCH3 is 1. The molecule has 1 amide bonds. The van der Waals surface area contributed by atoms with E-state index in [4.69, 9.17) is 9.47 Å². The molecular weight excluding hydrogens is 234 g/mol. The number of rotatable bonds is 4. The van der Waals surface area contributed by atoms with Crippen LogP contribution in [0.4, 0.5) is 4.79 Å². The Kier molecular flexibility index (Phi) is 4.59. The van der Waals surface area contributed by atoms with Crippen LogP contribution < -0.4 is 5.32 Å². The summed E-state index contributed by atoms with van der Waals surface area (Å²) in [4.78, 5) is 23.2. The standard InChI is InChI=1S/C13H23NO4/c1-8-6-9(8)7-10(11(15)17-5)14-12(16)18-13(2,3)4/h8-10H,6-7H2,1-5H3,(H,14,16)/t8-,9+,10?/m0/s1. The van der Waals surface area contributed by atoms with E-state index >= 15 is 0 Å². The Morgan fingerprint density at radius 1 is 1.39 bits per heavy atom. The van der Waals surface area contributed by atoms with Gasteiger partial charge < -0.3 is 14.8 Å². The van der Waals surface area contributed by atoms with Gasteiger partial charge in [-0.2, -0.15) is 0 Å². The average molecular weight is 257 g/mol. The molecule has 0 heterocycles. The van der Waals surface area contributed by atoms with Gasteiger partial charge in [0.1, 0.15) is 11.6 Å². The average Bonchev–Trinajstić information content (AvgIpc) is 2.89. The van der Waals surface area contributed by atoms with Gasteiger partial charge in [-0.15, -0.1) is 0 Å². The second-order valence-corrected chi connectivity index (χ2v) is 5.93. The molecule has 1 N–H and O–H groups in total. The molecule has 0 saturated heterocycles. The maximum Gasteiger partial charge on any atom is 0.408 e. The molecule has 3 atom stereocenters. The summed E-state index contributed by atoms with van der Waals surface area (Å²) in [6.45, 7) is 7.47. The summed E-state index contributed by atoms with van der Waals surface area (Å²) >= 11 is 0. The van der Waals surface area contributed by atoms with Gasteiger partial charge in [-0.25, -0.2) is 9.59 Å². The lowest BCUT2D eigenvalue weighted by atomic mass is 10.1. The number of alkyl carbamates (subject to hydrolysis) is 1. The van der Waals surface area contributed by atoms with Crippen LogP contribution in [0.5, 0.6) is 0 Å². The SMILES string of the molecule is COC(=O)C(C[C@H]1C[C@@H]1C)NC(=O)OC(C)(C)C. The third-order valence-corrected chi connectivity index (χ3v) is 2.99. The van der Waals surface area contributed by atoms with Crippen LogP contribution in [0, 0.1) is 11.8 Å². The molecule has 0 aromatic heterocycles. The Balaban J connectivity index is 2.50. The number of hydrogen-bond donors (Lipinski definition) is 1. The maximum atomic E-state index is 11.6. The lowest BCUT2D eigenvalue weighted by molar-refractivity contribution is -0.143. The number of carbonyl (C=O) groups is 2. The summed E-state index contributed by atoms with van der Waals surface area (Å²) in [7, 11) is 1.32. The van der Waals surface area contributed by atoms with Crippen LogP contribution in [0.2, 0.25) is 0 Å². The second kappa shape index (κ2) is 5.59. The summed E-state index contributed by atoms with van der Waals surface area (Å²) < 4.78 is 9.83. The normalized spacial score (nSPS) is 24.1. The molecule has 5 nitrogen and oxygen atoms in total. The number of esters is 1. The quantitative estimate of drug-likeness (QED) is 0.783. The fraction of sp³-hybridized carbons (Fsp3) is 0.846. The highest BCUT2D eigenvalue weighted by atomic mass is 16.6. The van der Waals surface area contributed by atoms with Gasteiger partial charge in [0.2, 0.25) is 0 Å². The van der Waals surface area contributed by atoms with Gasteiger partial charge in [-0.05, 0) is 45.4 Å². The van der Waals surface area contributed by atoms with Crippen molar-refractivity contribution in [1.29, 1.82) is 0 Å². The van der Waals surface area contributed by atoms with Crippen molar-refractivity contribution in [2.24, 2.45) is 11.8 Å². The van der Waals surface area contributed by atoms with Gasteiger partial charge in [0, 0.05) is 0 Å². The van der Waals surface area contributed by atoms with E-state index in [9.17, 15) is 9.59 Å². The highest BCUT2D eigenvalue weighted by Gasteiger charge is 2.37. The van der Waals surface area contributed by atoms with Crippen molar-refractivity contribution in [3.63, 3.8) is 0 Å². The second-order valence-electron chi connectivity index (χ2n) is 5.93. The van der Waals surface area contributed by atoms with E-state index in [1.54, 1.807) is 20.8 Å². The number of amides is 1. The monoisotopic (exact) mass is 257 g/mol. The zero-order chi connectivity index (χ0) is 13.9. The molecule has 0 aromatic rings. The summed E-state index contributed by atoms with van der Waals surface area (Å²) in [5, 5.41) is 2.58. The molecule has 0 spiro atoms. The zero-order valence-corrected chi connectivity index (χ0v) is 11.8. The molecule has 0 aromatic carbocycles. The van der Waals surface area contributed by atoms with Gasteiger partial charge in [0.05, 0.1) is 7.11 Å². The largest absolute Gasteiger partial charge is 0.467 e. The summed E-state index contributed by atoms with van der Waals surface area (Å²) in [5.41, 5.74) is -0.572. The smallest absolute Gasteiger partial charge is 0.408 e. The fourth-order valence-corrected chi connectivity index (χ4v) is 1.84. The molecule has 1 aliphatic rings. The van der Waals surface area contributed by atoms with Crippen molar-refractivity contribution >= 4 is 12.1 Å². The van der Waals surface area contributed by atoms with Crippen molar-refractivity contribution in [2.45, 2.75) is 52.2 Å². The van der Waals surface area contributed by atoms with Crippen molar-refractivity contribution in [1.82, 2.24) is 5.32 Å². The van der Waals surface area contributed by atoms with E-state index in [0.717, 1.165) is 6.42 Å². The van der Waals surface area contributed by atoms with Crippen LogP contribution >= 0.6 is 0 Å². The van der Waals surface area contributed by atoms with Crippen molar-refractivity contribution in [3.05, 3.63) is 0 Å². The molecule has 0 aliphatic heterocycles. The Morgan fingerprint density at radius 3 is 2.33 bits per heavy atom. The third kappa shape index (κ3) is 4.94. The predicted octanol–water partition coefficient (Wildman–Crippen LogP) is 2.10. The van der Waals surface area contributed by atoms with E-state index in [2.05, 4.69) is 12.2 Å². The molecule has 1 unspecified atom stereocenters. The molecule has 5 heteroatoms. The first kappa shape index (κ1) is 14.8. The van der Waals surface area contributed by atoms with E-state index in [1.807, 2.05) is 0 Å². The molecule has 1 fully saturated rings. The lowest BCUT2D eigenvalue weighted by Gasteiger charge is -2.22. The highest BCUT2D eigenvalue weighted by molar-refractivity contribution is 5.81. The Bertz CT molecular complexity index is 321. The molecule has 18 heavy (non-hydrogen) atoms. The van der Waals surface area contributed by atoms with Crippen LogP contribution in [0.15, 0.2) is 0 Å². The fourth-order valence-electron chi connectivity index (χ4n) is 1.84. The predicted molar refractivity (Wildman–Crippen MR) is 67.1 cm³/mol. The molecule has 0 bridgehead atoms. The first-order valence-electron chi connectivity index (χ1n) is 6.30. The van der Waals surface area contributed by atoms with E-state index in [-0.39, 0.29) is 0 Å². The summed E-state index contributed by atoms with van der Waals surface area (Å²) in [6.07, 6.45) is 1.14. The maximum absolute atomic E-state index is 11.6. The van der Waals surface area contributed by atoms with Crippen molar-refractivity contribution in [3.8, 4) is 0 Å². The van der Waals surface area contributed by atoms with Crippen LogP contribution in [0.3, 0.4) is 0 Å². The molecular formula is C13H23NO4. The van der Waals surface area contributed by atoms with Crippen LogP contribution in [0.1, 0.15) is 40.5 Å². The van der Waals surface area contributed by atoms with Crippen molar-refractivity contribution in [2.75, 3.05) is 7.11 Å². The van der Waals surface area contributed by atoms with Crippen LogP contribution in [-0.4, -0.2) is 30.8 Å². The zero-order valence-electron chi connectivity index (χ0n) is 11.8. The number of ether oxygens (including phenoxy) is 2. The minimum atomic E-state index is -0.611. The topological polar surface area (TPSA) is 64.6 Å². The van der Waals surface area contributed by atoms with Gasteiger partial charge in [0.25, 0.3) is 0 Å². The molecule has 0 radical (unpaired) electrons. The van der Waals surface area contributed by atoms with E-state index in [1.165, 1.54) is 7.11 Å². The first-order chi connectivity index (χ1) is 8.23. The van der Waals surface area contributed by atoms with E-state index < -0.39 is 23.7 Å². The number of nitrogens with one attached hydrogen (secondary N) is 1. The van der Waals surface area contributed by atoms with Crippen LogP contribution in [0.25, 0.3) is 0 Å². The Labute approximate surface area is 108 Å². The summed E-state index contributed by atoms with van der Waals surface area (Å²) in [5.74, 6) is 0.696. The minimum absolute atomic E-state index is 0.417. The first-order valence-corrected chi connectivity index (χ1v) is 6.30. The van der Waals surface area contributed by atoms with E-state index in [0.29, 0.717) is 18.3 Å². The van der Waals surface area contributed by atoms with Gasteiger partial charge >= 0.3 is 12.1 Å². The molecule has 1 rings (SSSR count). The summed E-state index contributed by atoms with van der Waals surface area (Å²) in [6, 6.07) is -0.611. The Hall–Kier alpha value is -1.26. The van der Waals surface area contributed by atoms with Gasteiger partial charge in [0.15, 0.2) is 0 Å². The molecule has 1 aliphatic carbocycles. The molecule has 1 saturated carbocycles. The number of hydrogen-bond acceptors (Lipinski definition) is 4. The lowest BCUT2D eigenvalue weighted by Crippen LogP contribution is -2.44.